The van der Waals surface area contributed by atoms with E-state index >= 15 is 0 Å². The third-order valence-corrected chi connectivity index (χ3v) is 3.63. The fourth-order valence-corrected chi connectivity index (χ4v) is 2.45. The molecule has 0 aromatic carbocycles. The van der Waals surface area contributed by atoms with E-state index in [1.54, 1.807) is 6.08 Å². The summed E-state index contributed by atoms with van der Waals surface area (Å²) >= 11 is 5.93. The van der Waals surface area contributed by atoms with Crippen molar-refractivity contribution in [1.82, 2.24) is 15.6 Å². The average Bonchev–Trinajstić information content (AvgIpc) is 2.61. The van der Waals surface area contributed by atoms with Gasteiger partial charge in [0.2, 0.25) is 7.85 Å². The van der Waals surface area contributed by atoms with Gasteiger partial charge in [0.25, 0.3) is 5.91 Å². The van der Waals surface area contributed by atoms with Gasteiger partial charge in [-0.25, -0.2) is 4.98 Å². The summed E-state index contributed by atoms with van der Waals surface area (Å²) in [5.74, 6) is -3.03. The van der Waals surface area contributed by atoms with Crippen LogP contribution in [-0.2, 0) is 4.74 Å². The summed E-state index contributed by atoms with van der Waals surface area (Å²) in [6.45, 7) is 0. The molecule has 12 heteroatoms. The highest BCUT2D eigenvalue weighted by Crippen LogP contribution is 2.26. The molecule has 28 heavy (non-hydrogen) atoms. The summed E-state index contributed by atoms with van der Waals surface area (Å²) in [5, 5.41) is 43.2. The number of methoxy groups -OCH3 is 1. The van der Waals surface area contributed by atoms with Gasteiger partial charge in [-0.05, 0) is 12.1 Å². The number of carbonyl (C=O) groups is 1. The van der Waals surface area contributed by atoms with Gasteiger partial charge in [-0.2, -0.15) is 5.26 Å². The van der Waals surface area contributed by atoms with Crippen molar-refractivity contribution in [2.45, 2.75) is 5.81 Å². The Balaban J connectivity index is 2.52. The molecule has 1 aromatic heterocycles. The average molecular weight is 403 g/mol. The molecule has 6 N–H and O–H groups in total. The second-order valence-electron chi connectivity index (χ2n) is 5.62. The van der Waals surface area contributed by atoms with Gasteiger partial charge in [0.1, 0.15) is 16.9 Å². The van der Waals surface area contributed by atoms with E-state index in [-0.39, 0.29) is 33.4 Å². The Morgan fingerprint density at radius 3 is 2.86 bits per heavy atom. The van der Waals surface area contributed by atoms with Crippen LogP contribution in [0.5, 0.6) is 0 Å². The van der Waals surface area contributed by atoms with E-state index in [1.807, 2.05) is 11.4 Å². The largest absolute Gasteiger partial charge is 0.492 e. The van der Waals surface area contributed by atoms with Gasteiger partial charge >= 0.3 is 0 Å². The number of nitriles is 1. The van der Waals surface area contributed by atoms with Crippen molar-refractivity contribution in [2.75, 3.05) is 12.4 Å². The first-order valence-corrected chi connectivity index (χ1v) is 8.14. The number of nitrogens with zero attached hydrogens (tertiary/aromatic N) is 2. The monoisotopic (exact) mass is 402 g/mol. The number of hydrogen-bond acceptors (Lipinski definition) is 9. The number of halogens is 1. The van der Waals surface area contributed by atoms with Crippen LogP contribution < -0.4 is 16.0 Å². The summed E-state index contributed by atoms with van der Waals surface area (Å²) < 4.78 is 5.35. The molecule has 0 spiro atoms. The molecular weight excluding hydrogens is 386 g/mol. The Kier molecular flexibility index (Phi) is 6.43. The molecule has 0 bridgehead atoms. The van der Waals surface area contributed by atoms with Crippen LogP contribution in [-0.4, -0.2) is 48.1 Å². The summed E-state index contributed by atoms with van der Waals surface area (Å²) in [5.41, 5.74) is 0.826. The van der Waals surface area contributed by atoms with Gasteiger partial charge in [-0.15, -0.1) is 0 Å². The fourth-order valence-electron chi connectivity index (χ4n) is 2.30. The van der Waals surface area contributed by atoms with E-state index in [4.69, 9.17) is 21.7 Å². The number of anilines is 1. The van der Waals surface area contributed by atoms with E-state index in [0.29, 0.717) is 5.70 Å². The number of pyridine rings is 1. The molecule has 0 atom stereocenters. The number of hydrogen-bond donors (Lipinski definition) is 6. The van der Waals surface area contributed by atoms with Crippen molar-refractivity contribution in [3.8, 4) is 6.07 Å². The zero-order valence-electron chi connectivity index (χ0n) is 14.9. The molecule has 2 rings (SSSR count). The zero-order valence-corrected chi connectivity index (χ0v) is 15.6. The van der Waals surface area contributed by atoms with Crippen molar-refractivity contribution in [1.29, 1.82) is 10.7 Å². The number of aliphatic hydroxyl groups is 2. The lowest BCUT2D eigenvalue weighted by Crippen LogP contribution is -2.49. The Hall–Kier alpha value is -3.33. The number of amides is 1. The highest BCUT2D eigenvalue weighted by atomic mass is 35.5. The zero-order chi connectivity index (χ0) is 20.9. The maximum atomic E-state index is 12.3. The van der Waals surface area contributed by atoms with Crippen LogP contribution in [0, 0.1) is 16.7 Å². The van der Waals surface area contributed by atoms with Gasteiger partial charge in [0, 0.05) is 18.6 Å². The minimum absolute atomic E-state index is 0.0216. The van der Waals surface area contributed by atoms with E-state index in [0.717, 1.165) is 14.1 Å². The number of dihydropyridines is 1. The van der Waals surface area contributed by atoms with Crippen molar-refractivity contribution >= 4 is 37.3 Å². The molecule has 10 nitrogen and oxygen atoms in total. The van der Waals surface area contributed by atoms with E-state index < -0.39 is 11.7 Å². The van der Waals surface area contributed by atoms with Crippen LogP contribution in [0.25, 0.3) is 0 Å². The SMILES string of the molecule is BC(O)(O)NC(=O)c1cnc(Cl)cc1NC1=C(OC)/C(=C(\C#N)C=N)NC=C1. The maximum absolute atomic E-state index is 12.3. The predicted molar refractivity (Wildman–Crippen MR) is 104 cm³/mol. The quantitative estimate of drug-likeness (QED) is 0.122. The Morgan fingerprint density at radius 2 is 2.29 bits per heavy atom. The topological polar surface area (TPSA) is 163 Å². The Bertz CT molecular complexity index is 945. The summed E-state index contributed by atoms with van der Waals surface area (Å²) in [6.07, 6.45) is 5.14. The Labute approximate surface area is 166 Å². The highest BCUT2D eigenvalue weighted by Gasteiger charge is 2.24. The Morgan fingerprint density at radius 1 is 1.57 bits per heavy atom. The van der Waals surface area contributed by atoms with Crippen LogP contribution >= 0.6 is 11.6 Å². The number of rotatable bonds is 6. The number of nitrogens with one attached hydrogen (secondary N) is 4. The number of ether oxygens (including phenoxy) is 1. The number of allylic oxidation sites excluding steroid dienone is 2. The minimum atomic E-state index is -2.43. The fraction of sp³-hybridized carbons (Fsp3) is 0.125. The molecule has 144 valence electrons. The van der Waals surface area contributed by atoms with Gasteiger partial charge in [-0.1, -0.05) is 11.6 Å². The van der Waals surface area contributed by atoms with Gasteiger partial charge in [-0.3, -0.25) is 4.79 Å². The first-order valence-electron chi connectivity index (χ1n) is 7.76. The third kappa shape index (κ3) is 4.89. The summed E-state index contributed by atoms with van der Waals surface area (Å²) in [4.78, 5) is 16.2. The number of aromatic nitrogens is 1. The molecule has 1 aromatic rings. The maximum Gasteiger partial charge on any atom is 0.258 e. The van der Waals surface area contributed by atoms with Crippen molar-refractivity contribution in [2.24, 2.45) is 0 Å². The smallest absolute Gasteiger partial charge is 0.258 e. The summed E-state index contributed by atoms with van der Waals surface area (Å²) in [7, 11) is 2.37. The molecule has 0 fully saturated rings. The standard InChI is InChI=1S/C16H16BClN6O4/c1-28-14-10(2-3-21-13(14)8(5-19)6-20)23-11-4-12(18)22-7-9(11)15(25)24-16(17,26)27/h2-5,7,19,21,26-27H,17H2,1H3,(H,22,23)(H,24,25)/b13-8+,19-5?. The van der Waals surface area contributed by atoms with Crippen molar-refractivity contribution in [3.05, 3.63) is 58.0 Å². The van der Waals surface area contributed by atoms with Crippen molar-refractivity contribution < 1.29 is 19.7 Å². The molecule has 1 amide bonds. The van der Waals surface area contributed by atoms with E-state index in [1.165, 1.54) is 25.6 Å². The first kappa shape index (κ1) is 21.0. The molecule has 1 aliphatic heterocycles. The van der Waals surface area contributed by atoms with Gasteiger partial charge in [0.15, 0.2) is 11.6 Å². The molecule has 0 radical (unpaired) electrons. The predicted octanol–water partition coefficient (Wildman–Crippen LogP) is -0.492. The molecule has 1 aliphatic rings. The molecule has 0 saturated heterocycles. The molecule has 0 aliphatic carbocycles. The van der Waals surface area contributed by atoms with Crippen molar-refractivity contribution in [3.63, 3.8) is 0 Å². The lowest BCUT2D eigenvalue weighted by atomic mass is 10.0. The second-order valence-corrected chi connectivity index (χ2v) is 6.01. The van der Waals surface area contributed by atoms with E-state index in [2.05, 4.69) is 15.6 Å². The van der Waals surface area contributed by atoms with Gasteiger partial charge < -0.3 is 36.3 Å². The third-order valence-electron chi connectivity index (χ3n) is 3.42. The second kappa shape index (κ2) is 8.58. The molecule has 0 saturated carbocycles. The minimum Gasteiger partial charge on any atom is -0.492 e. The lowest BCUT2D eigenvalue weighted by Gasteiger charge is -2.22. The highest BCUT2D eigenvalue weighted by molar-refractivity contribution is 6.29. The molecular formula is C16H16BClN6O4. The van der Waals surface area contributed by atoms with Crippen LogP contribution in [0.2, 0.25) is 5.15 Å². The normalized spacial score (nSPS) is 15.2. The van der Waals surface area contributed by atoms with Crippen LogP contribution in [0.15, 0.2) is 47.3 Å². The summed E-state index contributed by atoms with van der Waals surface area (Å²) in [6, 6.07) is 3.25. The lowest BCUT2D eigenvalue weighted by molar-refractivity contribution is -0.102. The first-order chi connectivity index (χ1) is 13.2. The molecule has 0 unspecified atom stereocenters. The van der Waals surface area contributed by atoms with E-state index in [9.17, 15) is 20.3 Å². The van der Waals surface area contributed by atoms with Crippen LogP contribution in [0.3, 0.4) is 0 Å². The van der Waals surface area contributed by atoms with Crippen LogP contribution in [0.1, 0.15) is 10.4 Å². The van der Waals surface area contributed by atoms with Crippen LogP contribution in [0.4, 0.5) is 5.69 Å². The number of carbonyl (C=O) groups excluding carboxylic acids is 1. The molecule has 2 heterocycles. The van der Waals surface area contributed by atoms with Gasteiger partial charge in [0.05, 0.1) is 29.6 Å².